The van der Waals surface area contributed by atoms with E-state index < -0.39 is 0 Å². The molecule has 0 saturated carbocycles. The summed E-state index contributed by atoms with van der Waals surface area (Å²) in [6.45, 7) is 2.84. The van der Waals surface area contributed by atoms with E-state index >= 15 is 0 Å². The van der Waals surface area contributed by atoms with Crippen LogP contribution in [0.15, 0.2) is 42.0 Å². The maximum atomic E-state index is 6.03. The number of nitrogens with zero attached hydrogens (tertiary/aromatic N) is 2. The number of aryl methyl sites for hydroxylation is 1. The first-order valence-corrected chi connectivity index (χ1v) is 8.87. The monoisotopic (exact) mass is 342 g/mol. The largest absolute Gasteiger partial charge is 0.354 e. The second-order valence-corrected chi connectivity index (χ2v) is 6.57. The quantitative estimate of drug-likeness (QED) is 0.682. The van der Waals surface area contributed by atoms with Gasteiger partial charge in [-0.25, -0.2) is 4.98 Å². The van der Waals surface area contributed by atoms with Crippen LogP contribution in [0.2, 0.25) is 5.02 Å². The van der Waals surface area contributed by atoms with Gasteiger partial charge in [0.25, 0.3) is 0 Å². The molecule has 1 aromatic heterocycles. The average molecular weight is 343 g/mol. The second-order valence-electron chi connectivity index (χ2n) is 6.14. The van der Waals surface area contributed by atoms with Gasteiger partial charge < -0.3 is 10.6 Å². The van der Waals surface area contributed by atoms with Gasteiger partial charge >= 0.3 is 0 Å². The van der Waals surface area contributed by atoms with Crippen LogP contribution in [0.5, 0.6) is 0 Å². The molecule has 5 heteroatoms. The Morgan fingerprint density at radius 2 is 2.08 bits per heavy atom. The SMILES string of the molecule is Cc1cc(Nc2cccc(Cl)c2)nc(NCCC2=CCCCC2)n1. The number of benzene rings is 1. The minimum absolute atomic E-state index is 0.663. The maximum Gasteiger partial charge on any atom is 0.224 e. The molecule has 0 radical (unpaired) electrons. The Balaban J connectivity index is 1.61. The molecular formula is C19H23ClN4. The van der Waals surface area contributed by atoms with Gasteiger partial charge in [-0.05, 0) is 57.2 Å². The molecular weight excluding hydrogens is 320 g/mol. The van der Waals surface area contributed by atoms with E-state index in [0.29, 0.717) is 11.0 Å². The first-order chi connectivity index (χ1) is 11.7. The normalized spacial score (nSPS) is 14.2. The summed E-state index contributed by atoms with van der Waals surface area (Å²) in [6, 6.07) is 9.53. The van der Waals surface area contributed by atoms with Crippen LogP contribution in [0.4, 0.5) is 17.5 Å². The lowest BCUT2D eigenvalue weighted by molar-refractivity contribution is 0.679. The highest BCUT2D eigenvalue weighted by Gasteiger charge is 2.06. The molecule has 4 nitrogen and oxygen atoms in total. The molecule has 1 aliphatic carbocycles. The van der Waals surface area contributed by atoms with Crippen LogP contribution in [0.3, 0.4) is 0 Å². The van der Waals surface area contributed by atoms with Gasteiger partial charge in [-0.2, -0.15) is 4.98 Å². The van der Waals surface area contributed by atoms with Crippen molar-refractivity contribution in [1.29, 1.82) is 0 Å². The van der Waals surface area contributed by atoms with Crippen LogP contribution >= 0.6 is 11.6 Å². The molecule has 1 heterocycles. The number of anilines is 3. The number of hydrogen-bond acceptors (Lipinski definition) is 4. The van der Waals surface area contributed by atoms with Gasteiger partial charge in [0, 0.05) is 29.0 Å². The fourth-order valence-electron chi connectivity index (χ4n) is 2.89. The summed E-state index contributed by atoms with van der Waals surface area (Å²) in [4.78, 5) is 9.01. The van der Waals surface area contributed by atoms with Crippen LogP contribution in [0.1, 0.15) is 37.8 Å². The molecule has 2 aromatic rings. The fraction of sp³-hybridized carbons (Fsp3) is 0.368. The van der Waals surface area contributed by atoms with E-state index in [1.807, 2.05) is 37.3 Å². The van der Waals surface area contributed by atoms with Crippen molar-refractivity contribution in [2.75, 3.05) is 17.2 Å². The van der Waals surface area contributed by atoms with E-state index in [1.54, 1.807) is 5.57 Å². The van der Waals surface area contributed by atoms with Crippen molar-refractivity contribution < 1.29 is 0 Å². The molecule has 0 aliphatic heterocycles. The third-order valence-corrected chi connectivity index (χ3v) is 4.30. The lowest BCUT2D eigenvalue weighted by Crippen LogP contribution is -2.09. The van der Waals surface area contributed by atoms with Crippen molar-refractivity contribution >= 4 is 29.1 Å². The van der Waals surface area contributed by atoms with E-state index in [0.717, 1.165) is 30.2 Å². The van der Waals surface area contributed by atoms with E-state index in [9.17, 15) is 0 Å². The number of allylic oxidation sites excluding steroid dienone is 1. The molecule has 3 rings (SSSR count). The minimum Gasteiger partial charge on any atom is -0.354 e. The van der Waals surface area contributed by atoms with Gasteiger partial charge in [-0.3, -0.25) is 0 Å². The first-order valence-electron chi connectivity index (χ1n) is 8.49. The molecule has 0 atom stereocenters. The van der Waals surface area contributed by atoms with Crippen molar-refractivity contribution in [1.82, 2.24) is 9.97 Å². The topological polar surface area (TPSA) is 49.8 Å². The van der Waals surface area contributed by atoms with Gasteiger partial charge in [0.15, 0.2) is 0 Å². The molecule has 0 saturated heterocycles. The maximum absolute atomic E-state index is 6.03. The van der Waals surface area contributed by atoms with Crippen molar-refractivity contribution in [2.45, 2.75) is 39.0 Å². The number of aromatic nitrogens is 2. The Morgan fingerprint density at radius 3 is 2.88 bits per heavy atom. The highest BCUT2D eigenvalue weighted by Crippen LogP contribution is 2.21. The van der Waals surface area contributed by atoms with Crippen molar-refractivity contribution in [3.05, 3.63) is 52.7 Å². The minimum atomic E-state index is 0.663. The third kappa shape index (κ3) is 4.96. The molecule has 1 aromatic carbocycles. The lowest BCUT2D eigenvalue weighted by Gasteiger charge is -2.13. The smallest absolute Gasteiger partial charge is 0.224 e. The predicted octanol–water partition coefficient (Wildman–Crippen LogP) is 5.48. The highest BCUT2D eigenvalue weighted by molar-refractivity contribution is 6.30. The van der Waals surface area contributed by atoms with Gasteiger partial charge in [0.1, 0.15) is 5.82 Å². The zero-order valence-electron chi connectivity index (χ0n) is 14.0. The van der Waals surface area contributed by atoms with Crippen LogP contribution in [-0.2, 0) is 0 Å². The Labute approximate surface area is 148 Å². The van der Waals surface area contributed by atoms with Gasteiger partial charge in [0.05, 0.1) is 0 Å². The van der Waals surface area contributed by atoms with Crippen LogP contribution in [-0.4, -0.2) is 16.5 Å². The number of rotatable bonds is 6. The van der Waals surface area contributed by atoms with E-state index in [2.05, 4.69) is 26.7 Å². The van der Waals surface area contributed by atoms with Gasteiger partial charge in [0.2, 0.25) is 5.95 Å². The summed E-state index contributed by atoms with van der Waals surface area (Å²) >= 11 is 6.03. The van der Waals surface area contributed by atoms with Gasteiger partial charge in [-0.15, -0.1) is 0 Å². The zero-order chi connectivity index (χ0) is 16.8. The standard InChI is InChI=1S/C19H23ClN4/c1-14-12-18(23-17-9-5-8-16(20)13-17)24-19(22-14)21-11-10-15-6-3-2-4-7-15/h5-6,8-9,12-13H,2-4,7,10-11H2,1H3,(H2,21,22,23,24). The summed E-state index contributed by atoms with van der Waals surface area (Å²) < 4.78 is 0. The number of nitrogens with one attached hydrogen (secondary N) is 2. The average Bonchev–Trinajstić information content (AvgIpc) is 2.55. The van der Waals surface area contributed by atoms with Crippen molar-refractivity contribution in [3.63, 3.8) is 0 Å². The van der Waals surface area contributed by atoms with Crippen LogP contribution in [0, 0.1) is 6.92 Å². The number of hydrogen-bond donors (Lipinski definition) is 2. The highest BCUT2D eigenvalue weighted by atomic mass is 35.5. The summed E-state index contributed by atoms with van der Waals surface area (Å²) in [5.41, 5.74) is 3.39. The fourth-order valence-corrected chi connectivity index (χ4v) is 3.08. The lowest BCUT2D eigenvalue weighted by atomic mass is 9.97. The summed E-state index contributed by atoms with van der Waals surface area (Å²) in [6.07, 6.45) is 8.56. The Hall–Kier alpha value is -2.07. The first kappa shape index (κ1) is 16.8. The molecule has 0 amide bonds. The number of halogens is 1. The molecule has 0 fully saturated rings. The predicted molar refractivity (Wildman–Crippen MR) is 101 cm³/mol. The molecule has 0 spiro atoms. The zero-order valence-corrected chi connectivity index (χ0v) is 14.7. The van der Waals surface area contributed by atoms with E-state index in [4.69, 9.17) is 11.6 Å². The molecule has 24 heavy (non-hydrogen) atoms. The van der Waals surface area contributed by atoms with Crippen molar-refractivity contribution in [2.24, 2.45) is 0 Å². The third-order valence-electron chi connectivity index (χ3n) is 4.07. The van der Waals surface area contributed by atoms with E-state index in [1.165, 1.54) is 25.7 Å². The molecule has 2 N–H and O–H groups in total. The molecule has 0 bridgehead atoms. The summed E-state index contributed by atoms with van der Waals surface area (Å²) in [5.74, 6) is 1.43. The molecule has 0 unspecified atom stereocenters. The summed E-state index contributed by atoms with van der Waals surface area (Å²) in [7, 11) is 0. The molecule has 126 valence electrons. The second kappa shape index (κ2) is 8.15. The Kier molecular flexibility index (Phi) is 5.70. The van der Waals surface area contributed by atoms with Crippen molar-refractivity contribution in [3.8, 4) is 0 Å². The van der Waals surface area contributed by atoms with Gasteiger partial charge in [-0.1, -0.05) is 29.3 Å². The molecule has 1 aliphatic rings. The summed E-state index contributed by atoms with van der Waals surface area (Å²) in [5, 5.41) is 7.32. The van der Waals surface area contributed by atoms with Crippen LogP contribution < -0.4 is 10.6 Å². The van der Waals surface area contributed by atoms with Crippen LogP contribution in [0.25, 0.3) is 0 Å². The van der Waals surface area contributed by atoms with E-state index in [-0.39, 0.29) is 0 Å². The Morgan fingerprint density at radius 1 is 1.17 bits per heavy atom. The Bertz CT molecular complexity index is 727.